The molecule has 1 aliphatic rings. The number of nitrogens with zero attached hydrogens (tertiary/aromatic N) is 1. The van der Waals surface area contributed by atoms with E-state index in [0.29, 0.717) is 6.54 Å². The Hall–Kier alpha value is -3.32. The molecule has 2 amide bonds. The van der Waals surface area contributed by atoms with Crippen LogP contribution < -0.4 is 15.4 Å². The zero-order valence-electron chi connectivity index (χ0n) is 19.9. The molecule has 3 aromatic rings. The Morgan fingerprint density at radius 1 is 1.09 bits per heavy atom. The highest BCUT2D eigenvalue weighted by Gasteiger charge is 2.17. The summed E-state index contributed by atoms with van der Waals surface area (Å²) in [6, 6.07) is 9.70. The maximum absolute atomic E-state index is 12.3. The molecule has 33 heavy (non-hydrogen) atoms. The summed E-state index contributed by atoms with van der Waals surface area (Å²) in [6.45, 7) is 11.1. The second-order valence-electron chi connectivity index (χ2n) is 8.75. The molecule has 0 aliphatic carbocycles. The van der Waals surface area contributed by atoms with E-state index in [1.54, 1.807) is 0 Å². The van der Waals surface area contributed by atoms with E-state index < -0.39 is 0 Å². The molecule has 2 heterocycles. The third kappa shape index (κ3) is 5.37. The minimum Gasteiger partial charge on any atom is -0.457 e. The predicted octanol–water partition coefficient (Wildman–Crippen LogP) is 5.98. The van der Waals surface area contributed by atoms with Crippen LogP contribution in [0.25, 0.3) is 11.1 Å². The van der Waals surface area contributed by atoms with Crippen LogP contribution >= 0.6 is 0 Å². The van der Waals surface area contributed by atoms with Crippen molar-refractivity contribution in [2.75, 3.05) is 18.5 Å². The molecule has 1 saturated heterocycles. The number of amides is 2. The van der Waals surface area contributed by atoms with Gasteiger partial charge in [-0.25, -0.2) is 4.79 Å². The molecule has 1 unspecified atom stereocenters. The van der Waals surface area contributed by atoms with Crippen molar-refractivity contribution in [1.82, 2.24) is 10.5 Å². The SMILES string of the molecule is Cc1cc(Oc2c(C)cc(NC(=O)NCC3CCCO3)cc2C)cc(-c2c(C)noc2C)c1. The van der Waals surface area contributed by atoms with Gasteiger partial charge in [0.25, 0.3) is 0 Å². The lowest BCUT2D eigenvalue weighted by molar-refractivity contribution is 0.112. The second kappa shape index (κ2) is 9.67. The van der Waals surface area contributed by atoms with Gasteiger partial charge in [-0.05, 0) is 94.0 Å². The van der Waals surface area contributed by atoms with Crippen molar-refractivity contribution < 1.29 is 18.8 Å². The molecule has 1 aromatic heterocycles. The summed E-state index contributed by atoms with van der Waals surface area (Å²) in [6.07, 6.45) is 2.15. The van der Waals surface area contributed by atoms with Crippen LogP contribution in [0.2, 0.25) is 0 Å². The van der Waals surface area contributed by atoms with Crippen molar-refractivity contribution in [3.63, 3.8) is 0 Å². The van der Waals surface area contributed by atoms with Gasteiger partial charge in [-0.1, -0.05) is 11.2 Å². The largest absolute Gasteiger partial charge is 0.457 e. The molecule has 1 aliphatic heterocycles. The molecule has 7 nitrogen and oxygen atoms in total. The van der Waals surface area contributed by atoms with Gasteiger partial charge in [-0.3, -0.25) is 0 Å². The second-order valence-corrected chi connectivity index (χ2v) is 8.75. The van der Waals surface area contributed by atoms with Gasteiger partial charge in [0.05, 0.1) is 11.8 Å². The number of hydrogen-bond donors (Lipinski definition) is 2. The number of carbonyl (C=O) groups excluding carboxylic acids is 1. The number of rotatable bonds is 6. The Labute approximate surface area is 194 Å². The molecule has 1 atom stereocenters. The molecule has 174 valence electrons. The highest BCUT2D eigenvalue weighted by Crippen LogP contribution is 2.35. The summed E-state index contributed by atoms with van der Waals surface area (Å²) in [5.41, 5.74) is 6.53. The molecule has 1 fully saturated rings. The van der Waals surface area contributed by atoms with Crippen LogP contribution in [0.3, 0.4) is 0 Å². The molecular weight excluding hydrogens is 418 g/mol. The van der Waals surface area contributed by atoms with E-state index in [1.165, 1.54) is 0 Å². The van der Waals surface area contributed by atoms with E-state index in [1.807, 2.05) is 58.9 Å². The van der Waals surface area contributed by atoms with Crippen molar-refractivity contribution in [3.8, 4) is 22.6 Å². The lowest BCUT2D eigenvalue weighted by Crippen LogP contribution is -2.35. The van der Waals surface area contributed by atoms with Gasteiger partial charge in [0.1, 0.15) is 17.3 Å². The fraction of sp³-hybridized carbons (Fsp3) is 0.385. The number of nitrogens with one attached hydrogen (secondary N) is 2. The van der Waals surface area contributed by atoms with Gasteiger partial charge in [0, 0.05) is 24.4 Å². The van der Waals surface area contributed by atoms with Crippen molar-refractivity contribution in [2.45, 2.75) is 53.6 Å². The van der Waals surface area contributed by atoms with Gasteiger partial charge >= 0.3 is 6.03 Å². The summed E-state index contributed by atoms with van der Waals surface area (Å²) in [5.74, 6) is 2.30. The van der Waals surface area contributed by atoms with Gasteiger partial charge in [0.15, 0.2) is 0 Å². The Kier molecular flexibility index (Phi) is 6.70. The fourth-order valence-electron chi connectivity index (χ4n) is 4.33. The average molecular weight is 450 g/mol. The smallest absolute Gasteiger partial charge is 0.319 e. The molecule has 2 N–H and O–H groups in total. The summed E-state index contributed by atoms with van der Waals surface area (Å²) < 4.78 is 17.2. The number of hydrogen-bond acceptors (Lipinski definition) is 5. The normalized spacial score (nSPS) is 15.5. The van der Waals surface area contributed by atoms with Crippen LogP contribution in [0, 0.1) is 34.6 Å². The molecule has 7 heteroatoms. The molecule has 2 aromatic carbocycles. The highest BCUT2D eigenvalue weighted by molar-refractivity contribution is 5.89. The van der Waals surface area contributed by atoms with Crippen molar-refractivity contribution in [3.05, 3.63) is 58.5 Å². The number of carbonyl (C=O) groups is 1. The minimum atomic E-state index is -0.235. The third-order valence-electron chi connectivity index (χ3n) is 5.83. The van der Waals surface area contributed by atoms with Crippen LogP contribution in [-0.4, -0.2) is 30.4 Å². The van der Waals surface area contributed by atoms with E-state index in [4.69, 9.17) is 14.0 Å². The number of benzene rings is 2. The van der Waals surface area contributed by atoms with Crippen molar-refractivity contribution in [2.24, 2.45) is 0 Å². The van der Waals surface area contributed by atoms with Crippen molar-refractivity contribution >= 4 is 11.7 Å². The Morgan fingerprint density at radius 2 is 1.85 bits per heavy atom. The van der Waals surface area contributed by atoms with Crippen LogP contribution in [0.1, 0.15) is 41.0 Å². The minimum absolute atomic E-state index is 0.111. The van der Waals surface area contributed by atoms with E-state index in [9.17, 15) is 4.79 Å². The average Bonchev–Trinajstić information content (AvgIpc) is 3.38. The maximum Gasteiger partial charge on any atom is 0.319 e. The van der Waals surface area contributed by atoms with E-state index in [2.05, 4.69) is 21.9 Å². The van der Waals surface area contributed by atoms with Gasteiger partial charge in [0.2, 0.25) is 0 Å². The molecule has 0 spiro atoms. The monoisotopic (exact) mass is 449 g/mol. The molecular formula is C26H31N3O4. The highest BCUT2D eigenvalue weighted by atomic mass is 16.5. The Balaban J connectivity index is 1.49. The summed E-state index contributed by atoms with van der Waals surface area (Å²) in [7, 11) is 0. The van der Waals surface area contributed by atoms with Gasteiger partial charge in [-0.2, -0.15) is 0 Å². The van der Waals surface area contributed by atoms with Gasteiger partial charge in [-0.15, -0.1) is 0 Å². The maximum atomic E-state index is 12.3. The molecule has 0 radical (unpaired) electrons. The first-order chi connectivity index (χ1) is 15.8. The van der Waals surface area contributed by atoms with Crippen LogP contribution in [0.15, 0.2) is 34.9 Å². The lowest BCUT2D eigenvalue weighted by Gasteiger charge is -2.16. The van der Waals surface area contributed by atoms with Gasteiger partial charge < -0.3 is 24.6 Å². The summed E-state index contributed by atoms with van der Waals surface area (Å²) >= 11 is 0. The van der Waals surface area contributed by atoms with Crippen LogP contribution in [0.5, 0.6) is 11.5 Å². The topological polar surface area (TPSA) is 85.6 Å². The molecule has 4 rings (SSSR count). The number of anilines is 1. The first-order valence-electron chi connectivity index (χ1n) is 11.3. The lowest BCUT2D eigenvalue weighted by atomic mass is 10.0. The van der Waals surface area contributed by atoms with Crippen LogP contribution in [0.4, 0.5) is 10.5 Å². The number of urea groups is 1. The summed E-state index contributed by atoms with van der Waals surface area (Å²) in [4.78, 5) is 12.3. The first kappa shape index (κ1) is 22.9. The van der Waals surface area contributed by atoms with E-state index in [0.717, 1.165) is 75.9 Å². The predicted molar refractivity (Wildman–Crippen MR) is 128 cm³/mol. The number of aryl methyl sites for hydroxylation is 5. The molecule has 0 bridgehead atoms. The standard InChI is InChI=1S/C26H31N3O4/c1-15-9-20(24-18(4)29-33-19(24)5)13-23(10-15)32-25-16(2)11-21(12-17(25)3)28-26(30)27-14-22-7-6-8-31-22/h9-13,22H,6-8,14H2,1-5H3,(H2,27,28,30). The van der Waals surface area contributed by atoms with E-state index in [-0.39, 0.29) is 12.1 Å². The quantitative estimate of drug-likeness (QED) is 0.484. The number of ether oxygens (including phenoxy) is 2. The first-order valence-corrected chi connectivity index (χ1v) is 11.3. The van der Waals surface area contributed by atoms with Crippen molar-refractivity contribution in [1.29, 1.82) is 0 Å². The fourth-order valence-corrected chi connectivity index (χ4v) is 4.33. The number of aromatic nitrogens is 1. The zero-order chi connectivity index (χ0) is 23.5. The molecule has 0 saturated carbocycles. The zero-order valence-corrected chi connectivity index (χ0v) is 19.9. The Bertz CT molecular complexity index is 1120. The third-order valence-corrected chi connectivity index (χ3v) is 5.83. The van der Waals surface area contributed by atoms with E-state index >= 15 is 0 Å². The van der Waals surface area contributed by atoms with Crippen LogP contribution in [-0.2, 0) is 4.74 Å². The Morgan fingerprint density at radius 3 is 2.48 bits per heavy atom. The summed E-state index contributed by atoms with van der Waals surface area (Å²) in [5, 5.41) is 9.86.